The van der Waals surface area contributed by atoms with Crippen LogP contribution in [0.3, 0.4) is 0 Å². The van der Waals surface area contributed by atoms with Crippen LogP contribution in [0, 0.1) is 6.92 Å². The van der Waals surface area contributed by atoms with Crippen molar-refractivity contribution in [3.63, 3.8) is 0 Å². The highest BCUT2D eigenvalue weighted by atomic mass is 16.5. The molecule has 2 aromatic rings. The molecule has 1 aromatic heterocycles. The molecule has 0 bridgehead atoms. The Balaban J connectivity index is 0. The van der Waals surface area contributed by atoms with Gasteiger partial charge in [-0.1, -0.05) is 57.5 Å². The Bertz CT molecular complexity index is 1020. The van der Waals surface area contributed by atoms with E-state index in [1.165, 1.54) is 41.7 Å². The maximum absolute atomic E-state index is 11.6. The number of nitrogens with one attached hydrogen (secondary N) is 2. The molecule has 38 heavy (non-hydrogen) atoms. The van der Waals surface area contributed by atoms with Crippen molar-refractivity contribution in [1.82, 2.24) is 25.1 Å². The molecule has 0 saturated carbocycles. The number of likely N-dealkylation sites (N-methyl/N-ethyl adjacent to an activating group) is 2. The highest BCUT2D eigenvalue weighted by molar-refractivity contribution is 6.34. The van der Waals surface area contributed by atoms with Crippen LogP contribution in [0.1, 0.15) is 55.1 Å². The number of aromatic hydroxyl groups is 1. The van der Waals surface area contributed by atoms with E-state index in [9.17, 15) is 24.3 Å². The van der Waals surface area contributed by atoms with Gasteiger partial charge in [0.2, 0.25) is 5.75 Å². The lowest BCUT2D eigenvalue weighted by Gasteiger charge is -2.08. The van der Waals surface area contributed by atoms with Crippen LogP contribution in [-0.2, 0) is 33.8 Å². The molecule has 11 heteroatoms. The van der Waals surface area contributed by atoms with E-state index >= 15 is 0 Å². The van der Waals surface area contributed by atoms with Gasteiger partial charge in [-0.05, 0) is 19.5 Å². The third-order valence-electron chi connectivity index (χ3n) is 4.62. The summed E-state index contributed by atoms with van der Waals surface area (Å²) >= 11 is 0. The number of benzene rings is 1. The second kappa shape index (κ2) is 21.5. The molecule has 1 aromatic carbocycles. The van der Waals surface area contributed by atoms with E-state index in [4.69, 9.17) is 4.74 Å². The summed E-state index contributed by atoms with van der Waals surface area (Å²) in [5.74, 6) is -1.22. The molecule has 3 rings (SSSR count). The van der Waals surface area contributed by atoms with Gasteiger partial charge >= 0.3 is 11.8 Å². The topological polar surface area (TPSA) is 143 Å². The van der Waals surface area contributed by atoms with Crippen LogP contribution in [0.2, 0.25) is 0 Å². The molecule has 1 aliphatic heterocycles. The maximum atomic E-state index is 11.6. The largest absolute Gasteiger partial charge is 0.501 e. The molecule has 0 saturated heterocycles. The number of aromatic nitrogens is 2. The first-order valence-electron chi connectivity index (χ1n) is 12.6. The molecule has 0 spiro atoms. The number of ether oxygens (including phenoxy) is 1. The molecule has 1 aliphatic rings. The molecule has 3 N–H and O–H groups in total. The molecule has 0 unspecified atom stereocenters. The zero-order valence-corrected chi connectivity index (χ0v) is 24.3. The zero-order chi connectivity index (χ0) is 29.7. The molecular formula is C27H45N5O6. The molecule has 0 aliphatic carbocycles. The summed E-state index contributed by atoms with van der Waals surface area (Å²) in [5, 5.41) is 14.7. The fourth-order valence-corrected chi connectivity index (χ4v) is 2.75. The van der Waals surface area contributed by atoms with E-state index in [1.807, 2.05) is 34.7 Å². The number of aldehydes is 1. The number of rotatable bonds is 3. The van der Waals surface area contributed by atoms with E-state index in [1.54, 1.807) is 0 Å². The summed E-state index contributed by atoms with van der Waals surface area (Å²) in [7, 11) is 6.43. The Labute approximate surface area is 226 Å². The van der Waals surface area contributed by atoms with Gasteiger partial charge in [0.25, 0.3) is 5.56 Å². The smallest absolute Gasteiger partial charge is 0.311 e. The van der Waals surface area contributed by atoms with Gasteiger partial charge in [0.05, 0.1) is 19.8 Å². The molecule has 2 heterocycles. The van der Waals surface area contributed by atoms with E-state index in [0.29, 0.717) is 38.3 Å². The Kier molecular flexibility index (Phi) is 20.7. The fraction of sp³-hybridized carbons (Fsp3) is 0.519. The van der Waals surface area contributed by atoms with Gasteiger partial charge in [-0.25, -0.2) is 4.98 Å². The number of carbonyl (C=O) groups is 3. The zero-order valence-electron chi connectivity index (χ0n) is 24.3. The number of amides is 2. The molecular weight excluding hydrogens is 490 g/mol. The summed E-state index contributed by atoms with van der Waals surface area (Å²) in [5.41, 5.74) is 1.88. The summed E-state index contributed by atoms with van der Waals surface area (Å²) in [4.78, 5) is 48.3. The van der Waals surface area contributed by atoms with Gasteiger partial charge in [-0.3, -0.25) is 23.7 Å². The third kappa shape index (κ3) is 13.1. The van der Waals surface area contributed by atoms with Gasteiger partial charge in [-0.15, -0.1) is 0 Å². The summed E-state index contributed by atoms with van der Waals surface area (Å²) in [6, 6.07) is 8.55. The molecule has 0 radical (unpaired) electrons. The average molecular weight is 536 g/mol. The monoisotopic (exact) mass is 535 g/mol. The Hall–Kier alpha value is -3.57. The summed E-state index contributed by atoms with van der Waals surface area (Å²) in [6.45, 7) is 12.3. The van der Waals surface area contributed by atoms with Crippen molar-refractivity contribution < 1.29 is 24.2 Å². The van der Waals surface area contributed by atoms with Crippen LogP contribution >= 0.6 is 0 Å². The number of hydrogen-bond donors (Lipinski definition) is 3. The third-order valence-corrected chi connectivity index (χ3v) is 4.62. The second-order valence-corrected chi connectivity index (χ2v) is 7.49. The molecule has 0 fully saturated rings. The standard InChI is InChI=1S/C9H10N2O4.C9H13N.C5H10N2O2.2C2H6/c12-5-6-8(13)9(14)11-2-4-15-3-1-7(11)10-6;1-8-3-5-9(6-4-8)7-10-2;1-6-4(8)5(9)7(2)3;2*1-2/h5,13H,1-4H2;3-6,10H,7H2,1-2H3;1-3H3,(H,6,8);2*1-2H3. The Morgan fingerprint density at radius 2 is 1.68 bits per heavy atom. The van der Waals surface area contributed by atoms with Gasteiger partial charge in [0, 0.05) is 34.1 Å². The van der Waals surface area contributed by atoms with Gasteiger partial charge < -0.3 is 25.4 Å². The van der Waals surface area contributed by atoms with Crippen LogP contribution in [0.5, 0.6) is 5.75 Å². The minimum atomic E-state index is -0.587. The van der Waals surface area contributed by atoms with Gasteiger partial charge in [0.15, 0.2) is 12.0 Å². The van der Waals surface area contributed by atoms with E-state index in [-0.39, 0.29) is 5.69 Å². The highest BCUT2D eigenvalue weighted by Crippen LogP contribution is 2.09. The fourth-order valence-electron chi connectivity index (χ4n) is 2.75. The number of nitrogens with zero attached hydrogens (tertiary/aromatic N) is 3. The summed E-state index contributed by atoms with van der Waals surface area (Å²) in [6.07, 6.45) is 0.847. The van der Waals surface area contributed by atoms with Crippen molar-refractivity contribution in [1.29, 1.82) is 0 Å². The van der Waals surface area contributed by atoms with E-state index in [2.05, 4.69) is 46.8 Å². The van der Waals surface area contributed by atoms with Crippen molar-refractivity contribution in [3.05, 3.63) is 57.3 Å². The van der Waals surface area contributed by atoms with Crippen molar-refractivity contribution in [3.8, 4) is 5.75 Å². The van der Waals surface area contributed by atoms with Crippen molar-refractivity contribution in [2.24, 2.45) is 0 Å². The number of fused-ring (bicyclic) bond motifs is 1. The predicted octanol–water partition coefficient (Wildman–Crippen LogP) is 1.92. The number of carbonyl (C=O) groups excluding carboxylic acids is 3. The van der Waals surface area contributed by atoms with Crippen LogP contribution in [0.15, 0.2) is 29.1 Å². The van der Waals surface area contributed by atoms with E-state index < -0.39 is 23.1 Å². The first-order valence-corrected chi connectivity index (χ1v) is 12.6. The number of hydrogen-bond acceptors (Lipinski definition) is 8. The first kappa shape index (κ1) is 36.6. The normalized spacial score (nSPS) is 11.0. The van der Waals surface area contributed by atoms with Crippen molar-refractivity contribution >= 4 is 18.1 Å². The summed E-state index contributed by atoms with van der Waals surface area (Å²) < 4.78 is 6.52. The lowest BCUT2D eigenvalue weighted by Crippen LogP contribution is -2.37. The lowest BCUT2D eigenvalue weighted by molar-refractivity contribution is -0.143. The quantitative estimate of drug-likeness (QED) is 0.400. The average Bonchev–Trinajstić information content (AvgIpc) is 3.20. The SMILES string of the molecule is CC.CC.CNC(=O)C(=O)N(C)C.CNCc1ccc(C)cc1.O=Cc1nc2n(c(=O)c1O)CCOCC2. The second-order valence-electron chi connectivity index (χ2n) is 7.49. The molecule has 11 nitrogen and oxygen atoms in total. The Morgan fingerprint density at radius 3 is 2.13 bits per heavy atom. The van der Waals surface area contributed by atoms with Crippen LogP contribution < -0.4 is 16.2 Å². The maximum Gasteiger partial charge on any atom is 0.311 e. The lowest BCUT2D eigenvalue weighted by atomic mass is 10.1. The highest BCUT2D eigenvalue weighted by Gasteiger charge is 2.17. The van der Waals surface area contributed by atoms with Gasteiger partial charge in [-0.2, -0.15) is 0 Å². The minimum Gasteiger partial charge on any atom is -0.501 e. The van der Waals surface area contributed by atoms with Crippen LogP contribution in [0.4, 0.5) is 0 Å². The first-order chi connectivity index (χ1) is 18.2. The van der Waals surface area contributed by atoms with Crippen molar-refractivity contribution in [2.75, 3.05) is 41.4 Å². The van der Waals surface area contributed by atoms with E-state index in [0.717, 1.165) is 6.54 Å². The van der Waals surface area contributed by atoms with Crippen LogP contribution in [0.25, 0.3) is 0 Å². The number of aryl methyl sites for hydroxylation is 1. The molecule has 214 valence electrons. The molecule has 0 atom stereocenters. The molecule has 2 amide bonds. The predicted molar refractivity (Wildman–Crippen MR) is 149 cm³/mol. The minimum absolute atomic E-state index is 0.201. The van der Waals surface area contributed by atoms with Crippen molar-refractivity contribution in [2.45, 2.75) is 54.1 Å². The van der Waals surface area contributed by atoms with Gasteiger partial charge in [0.1, 0.15) is 5.82 Å². The van der Waals surface area contributed by atoms with Crippen LogP contribution in [-0.4, -0.2) is 79.1 Å². The Morgan fingerprint density at radius 1 is 1.11 bits per heavy atom.